The van der Waals surface area contributed by atoms with Gasteiger partial charge in [-0.3, -0.25) is 4.90 Å². The number of alkyl halides is 3. The van der Waals surface area contributed by atoms with Gasteiger partial charge in [-0.25, -0.2) is 0 Å². The Bertz CT molecular complexity index is 437. The van der Waals surface area contributed by atoms with Gasteiger partial charge in [-0.15, -0.1) is 0 Å². The van der Waals surface area contributed by atoms with Crippen LogP contribution in [0.4, 0.5) is 13.2 Å². The molecular formula is C15H22ClF3N2. The lowest BCUT2D eigenvalue weighted by Crippen LogP contribution is -2.45. The monoisotopic (exact) mass is 322 g/mol. The van der Waals surface area contributed by atoms with Gasteiger partial charge in [0.15, 0.2) is 0 Å². The molecule has 1 aromatic rings. The van der Waals surface area contributed by atoms with Crippen molar-refractivity contribution >= 4 is 11.6 Å². The van der Waals surface area contributed by atoms with E-state index in [9.17, 15) is 13.2 Å². The fourth-order valence-corrected chi connectivity index (χ4v) is 2.68. The number of benzene rings is 1. The largest absolute Gasteiger partial charge is 0.401 e. The highest BCUT2D eigenvalue weighted by molar-refractivity contribution is 6.30. The molecular weight excluding hydrogens is 301 g/mol. The van der Waals surface area contributed by atoms with E-state index in [0.29, 0.717) is 24.4 Å². The minimum Gasteiger partial charge on any atom is -0.326 e. The maximum Gasteiger partial charge on any atom is 0.401 e. The van der Waals surface area contributed by atoms with Gasteiger partial charge in [-0.1, -0.05) is 37.6 Å². The summed E-state index contributed by atoms with van der Waals surface area (Å²) in [7, 11) is 0. The predicted molar refractivity (Wildman–Crippen MR) is 80.4 cm³/mol. The van der Waals surface area contributed by atoms with Crippen molar-refractivity contribution in [3.05, 3.63) is 34.9 Å². The molecule has 0 aliphatic rings. The van der Waals surface area contributed by atoms with E-state index in [1.807, 2.05) is 13.8 Å². The Hall–Kier alpha value is -0.780. The Labute approximate surface area is 129 Å². The third-order valence-electron chi connectivity index (χ3n) is 3.35. The molecule has 2 atom stereocenters. The third kappa shape index (κ3) is 5.85. The van der Waals surface area contributed by atoms with Gasteiger partial charge in [0.05, 0.1) is 12.6 Å². The van der Waals surface area contributed by atoms with Gasteiger partial charge in [-0.05, 0) is 37.1 Å². The second-order valence-corrected chi connectivity index (χ2v) is 5.59. The van der Waals surface area contributed by atoms with Crippen molar-refractivity contribution in [2.45, 2.75) is 44.9 Å². The third-order valence-corrected chi connectivity index (χ3v) is 3.59. The van der Waals surface area contributed by atoms with E-state index < -0.39 is 18.8 Å². The van der Waals surface area contributed by atoms with Crippen LogP contribution in [0.1, 0.15) is 38.3 Å². The average molecular weight is 323 g/mol. The lowest BCUT2D eigenvalue weighted by atomic mass is 9.96. The topological polar surface area (TPSA) is 29.3 Å². The zero-order chi connectivity index (χ0) is 16.0. The highest BCUT2D eigenvalue weighted by atomic mass is 35.5. The summed E-state index contributed by atoms with van der Waals surface area (Å²) in [5.41, 5.74) is 6.83. The smallest absolute Gasteiger partial charge is 0.326 e. The molecule has 2 unspecified atom stereocenters. The van der Waals surface area contributed by atoms with Crippen molar-refractivity contribution in [3.63, 3.8) is 0 Å². The number of halogens is 4. The van der Waals surface area contributed by atoms with Crippen molar-refractivity contribution in [3.8, 4) is 0 Å². The Kier molecular flexibility index (Phi) is 6.97. The molecule has 0 saturated heterocycles. The fraction of sp³-hybridized carbons (Fsp3) is 0.600. The standard InChI is InChI=1S/C15H22ClF3N2/c1-3-8-21(10-15(17,18)19)14(13(20)4-2)11-6-5-7-12(16)9-11/h5-7,9,13-14H,3-4,8,10,20H2,1-2H3. The molecule has 0 aliphatic heterocycles. The Morgan fingerprint density at radius 3 is 2.43 bits per heavy atom. The van der Waals surface area contributed by atoms with E-state index in [4.69, 9.17) is 17.3 Å². The first-order chi connectivity index (χ1) is 9.78. The maximum absolute atomic E-state index is 12.8. The molecule has 0 heterocycles. The van der Waals surface area contributed by atoms with E-state index in [2.05, 4.69) is 0 Å². The SMILES string of the molecule is CCCN(CC(F)(F)F)C(c1cccc(Cl)c1)C(N)CC. The summed E-state index contributed by atoms with van der Waals surface area (Å²) in [6.07, 6.45) is -3.03. The molecule has 0 aliphatic carbocycles. The normalized spacial score (nSPS) is 15.2. The molecule has 21 heavy (non-hydrogen) atoms. The van der Waals surface area contributed by atoms with E-state index in [1.165, 1.54) is 4.90 Å². The predicted octanol–water partition coefficient (Wildman–Crippen LogP) is 4.39. The lowest BCUT2D eigenvalue weighted by molar-refractivity contribution is -0.152. The zero-order valence-corrected chi connectivity index (χ0v) is 13.1. The Morgan fingerprint density at radius 1 is 1.29 bits per heavy atom. The highest BCUT2D eigenvalue weighted by Gasteiger charge is 2.35. The van der Waals surface area contributed by atoms with E-state index >= 15 is 0 Å². The minimum absolute atomic E-state index is 0.338. The summed E-state index contributed by atoms with van der Waals surface area (Å²) in [5, 5.41) is 0.504. The van der Waals surface area contributed by atoms with Gasteiger partial charge >= 0.3 is 6.18 Å². The summed E-state index contributed by atoms with van der Waals surface area (Å²) < 4.78 is 38.5. The van der Waals surface area contributed by atoms with Crippen molar-refractivity contribution in [2.24, 2.45) is 5.73 Å². The molecule has 0 aromatic heterocycles. The number of hydrogen-bond acceptors (Lipinski definition) is 2. The van der Waals surface area contributed by atoms with Crippen LogP contribution >= 0.6 is 11.6 Å². The molecule has 0 saturated carbocycles. The Morgan fingerprint density at radius 2 is 1.95 bits per heavy atom. The van der Waals surface area contributed by atoms with E-state index in [1.54, 1.807) is 24.3 Å². The number of nitrogens with two attached hydrogens (primary N) is 1. The van der Waals surface area contributed by atoms with Crippen molar-refractivity contribution < 1.29 is 13.2 Å². The van der Waals surface area contributed by atoms with Gasteiger partial charge in [0, 0.05) is 11.1 Å². The summed E-state index contributed by atoms with van der Waals surface area (Å²) in [5.74, 6) is 0. The minimum atomic E-state index is -4.25. The molecule has 1 rings (SSSR count). The van der Waals surface area contributed by atoms with Gasteiger partial charge in [0.2, 0.25) is 0 Å². The van der Waals surface area contributed by atoms with Gasteiger partial charge in [0.1, 0.15) is 0 Å². The zero-order valence-electron chi connectivity index (χ0n) is 12.3. The first kappa shape index (κ1) is 18.3. The molecule has 6 heteroatoms. The number of hydrogen-bond donors (Lipinski definition) is 1. The molecule has 0 amide bonds. The number of nitrogens with zero attached hydrogens (tertiary/aromatic N) is 1. The van der Waals surface area contributed by atoms with Gasteiger partial charge in [0.25, 0.3) is 0 Å². The second kappa shape index (κ2) is 8.01. The summed E-state index contributed by atoms with van der Waals surface area (Å²) >= 11 is 5.97. The fourth-order valence-electron chi connectivity index (χ4n) is 2.48. The van der Waals surface area contributed by atoms with Crippen LogP contribution < -0.4 is 5.73 Å². The van der Waals surface area contributed by atoms with Crippen LogP contribution in [0.2, 0.25) is 5.02 Å². The maximum atomic E-state index is 12.8. The lowest BCUT2D eigenvalue weighted by Gasteiger charge is -2.36. The average Bonchev–Trinajstić information content (AvgIpc) is 2.37. The van der Waals surface area contributed by atoms with Crippen LogP contribution in [0.3, 0.4) is 0 Å². The van der Waals surface area contributed by atoms with Crippen LogP contribution in [0.15, 0.2) is 24.3 Å². The second-order valence-electron chi connectivity index (χ2n) is 5.16. The molecule has 0 radical (unpaired) electrons. The van der Waals surface area contributed by atoms with Crippen LogP contribution in [0.25, 0.3) is 0 Å². The van der Waals surface area contributed by atoms with Crippen molar-refractivity contribution in [1.82, 2.24) is 4.90 Å². The van der Waals surface area contributed by atoms with Crippen molar-refractivity contribution in [2.75, 3.05) is 13.1 Å². The van der Waals surface area contributed by atoms with E-state index in [-0.39, 0.29) is 6.04 Å². The molecule has 0 fully saturated rings. The van der Waals surface area contributed by atoms with Crippen LogP contribution in [-0.2, 0) is 0 Å². The summed E-state index contributed by atoms with van der Waals surface area (Å²) in [6.45, 7) is 3.10. The van der Waals surface area contributed by atoms with Gasteiger partial charge in [-0.2, -0.15) is 13.2 Å². The van der Waals surface area contributed by atoms with Gasteiger partial charge < -0.3 is 5.73 Å². The van der Waals surface area contributed by atoms with Crippen LogP contribution in [0.5, 0.6) is 0 Å². The molecule has 2 N–H and O–H groups in total. The molecule has 1 aromatic carbocycles. The first-order valence-corrected chi connectivity index (χ1v) is 7.48. The first-order valence-electron chi connectivity index (χ1n) is 7.10. The molecule has 120 valence electrons. The summed E-state index contributed by atoms with van der Waals surface area (Å²) in [6, 6.07) is 6.05. The molecule has 0 spiro atoms. The Balaban J connectivity index is 3.13. The molecule has 2 nitrogen and oxygen atoms in total. The highest BCUT2D eigenvalue weighted by Crippen LogP contribution is 2.30. The summed E-state index contributed by atoms with van der Waals surface area (Å²) in [4.78, 5) is 1.40. The number of rotatable bonds is 7. The van der Waals surface area contributed by atoms with Crippen molar-refractivity contribution in [1.29, 1.82) is 0 Å². The molecule has 0 bridgehead atoms. The van der Waals surface area contributed by atoms with Crippen LogP contribution in [0, 0.1) is 0 Å². The quantitative estimate of drug-likeness (QED) is 0.806. The van der Waals surface area contributed by atoms with E-state index in [0.717, 1.165) is 5.56 Å². The van der Waals surface area contributed by atoms with Crippen LogP contribution in [-0.4, -0.2) is 30.2 Å².